The van der Waals surface area contributed by atoms with Crippen molar-refractivity contribution in [3.63, 3.8) is 0 Å². The second-order valence-corrected chi connectivity index (χ2v) is 3.60. The molecule has 0 aliphatic rings. The van der Waals surface area contributed by atoms with Gasteiger partial charge in [-0.3, -0.25) is 9.48 Å². The van der Waals surface area contributed by atoms with E-state index in [0.717, 1.165) is 0 Å². The van der Waals surface area contributed by atoms with Gasteiger partial charge in [-0.25, -0.2) is 0 Å². The molecule has 0 aliphatic carbocycles. The molecule has 15 heavy (non-hydrogen) atoms. The molecule has 1 aromatic rings. The smallest absolute Gasteiger partial charge is 0.273 e. The zero-order chi connectivity index (χ0) is 11.4. The molecule has 84 valence electrons. The van der Waals surface area contributed by atoms with Gasteiger partial charge in [0.25, 0.3) is 5.91 Å². The fourth-order valence-corrected chi connectivity index (χ4v) is 1.10. The number of aliphatic hydroxyl groups excluding tert-OH is 1. The van der Waals surface area contributed by atoms with Crippen LogP contribution in [-0.2, 0) is 7.05 Å². The number of aliphatic hydroxyl groups is 1. The summed E-state index contributed by atoms with van der Waals surface area (Å²) in [6.07, 6.45) is 1.57. The van der Waals surface area contributed by atoms with Crippen LogP contribution in [0.5, 0.6) is 0 Å². The van der Waals surface area contributed by atoms with Gasteiger partial charge in [0.2, 0.25) is 0 Å². The summed E-state index contributed by atoms with van der Waals surface area (Å²) in [5.74, 6) is -0.285. The normalized spacial score (nSPS) is 12.5. The molecule has 0 saturated carbocycles. The zero-order valence-electron chi connectivity index (χ0n) is 8.90. The fraction of sp³-hybridized carbons (Fsp3) is 0.556. The van der Waals surface area contributed by atoms with E-state index in [1.807, 2.05) is 6.92 Å². The van der Waals surface area contributed by atoms with Crippen molar-refractivity contribution in [3.05, 3.63) is 11.9 Å². The summed E-state index contributed by atoms with van der Waals surface area (Å²) in [4.78, 5) is 11.6. The van der Waals surface area contributed by atoms with Crippen LogP contribution < -0.4 is 11.1 Å². The monoisotopic (exact) mass is 212 g/mol. The average molecular weight is 212 g/mol. The first kappa shape index (κ1) is 11.5. The first-order valence-electron chi connectivity index (χ1n) is 4.72. The number of hydrogen-bond donors (Lipinski definition) is 3. The maximum absolute atomic E-state index is 11.6. The number of hydrogen-bond acceptors (Lipinski definition) is 4. The number of rotatable bonds is 4. The Balaban J connectivity index is 2.58. The molecule has 6 nitrogen and oxygen atoms in total. The number of aromatic nitrogens is 2. The Hall–Kier alpha value is -1.56. The highest BCUT2D eigenvalue weighted by Gasteiger charge is 2.14. The maximum atomic E-state index is 11.6. The van der Waals surface area contributed by atoms with Gasteiger partial charge >= 0.3 is 0 Å². The summed E-state index contributed by atoms with van der Waals surface area (Å²) < 4.78 is 1.49. The molecule has 0 spiro atoms. The highest BCUT2D eigenvalue weighted by Crippen LogP contribution is 2.07. The number of carbonyl (C=O) groups is 1. The Bertz CT molecular complexity index is 348. The van der Waals surface area contributed by atoms with Crippen molar-refractivity contribution < 1.29 is 9.90 Å². The number of aryl methyl sites for hydroxylation is 1. The number of anilines is 1. The van der Waals surface area contributed by atoms with Gasteiger partial charge in [0.05, 0.1) is 5.69 Å². The molecule has 1 unspecified atom stereocenters. The van der Waals surface area contributed by atoms with E-state index in [9.17, 15) is 4.79 Å². The van der Waals surface area contributed by atoms with Crippen LogP contribution in [0, 0.1) is 5.92 Å². The summed E-state index contributed by atoms with van der Waals surface area (Å²) in [6.45, 7) is 2.28. The number of amides is 1. The molecule has 1 heterocycles. The Morgan fingerprint density at radius 1 is 1.80 bits per heavy atom. The third-order valence-electron chi connectivity index (χ3n) is 1.99. The SMILES string of the molecule is CC(CO)CNC(=O)c1nn(C)cc1N. The highest BCUT2D eigenvalue weighted by molar-refractivity contribution is 5.96. The van der Waals surface area contributed by atoms with Crippen LogP contribution in [0.1, 0.15) is 17.4 Å². The van der Waals surface area contributed by atoms with Crippen molar-refractivity contribution >= 4 is 11.6 Å². The Labute approximate surface area is 88.1 Å². The Morgan fingerprint density at radius 3 is 2.93 bits per heavy atom. The van der Waals surface area contributed by atoms with E-state index in [0.29, 0.717) is 12.2 Å². The molecule has 1 amide bonds. The minimum Gasteiger partial charge on any atom is -0.396 e. The molecule has 0 saturated heterocycles. The molecule has 4 N–H and O–H groups in total. The quantitative estimate of drug-likeness (QED) is 0.619. The number of carbonyl (C=O) groups excluding carboxylic acids is 1. The molecule has 1 atom stereocenters. The van der Waals surface area contributed by atoms with E-state index in [1.54, 1.807) is 13.2 Å². The topological polar surface area (TPSA) is 93.2 Å². The summed E-state index contributed by atoms with van der Waals surface area (Å²) >= 11 is 0. The average Bonchev–Trinajstić information content (AvgIpc) is 2.53. The lowest BCUT2D eigenvalue weighted by Gasteiger charge is -2.08. The lowest BCUT2D eigenvalue weighted by molar-refractivity contribution is 0.0937. The minimum absolute atomic E-state index is 0.0267. The second-order valence-electron chi connectivity index (χ2n) is 3.60. The lowest BCUT2D eigenvalue weighted by atomic mass is 10.2. The van der Waals surface area contributed by atoms with Crippen molar-refractivity contribution in [2.45, 2.75) is 6.92 Å². The predicted octanol–water partition coefficient (Wildman–Crippen LogP) is -0.639. The van der Waals surface area contributed by atoms with Gasteiger partial charge in [-0.15, -0.1) is 0 Å². The van der Waals surface area contributed by atoms with Gasteiger partial charge in [-0.05, 0) is 5.92 Å². The van der Waals surface area contributed by atoms with Gasteiger partial charge in [-0.1, -0.05) is 6.92 Å². The molecule has 0 aliphatic heterocycles. The van der Waals surface area contributed by atoms with Crippen LogP contribution in [0.25, 0.3) is 0 Å². The third-order valence-corrected chi connectivity index (χ3v) is 1.99. The van der Waals surface area contributed by atoms with Crippen LogP contribution in [-0.4, -0.2) is 33.9 Å². The lowest BCUT2D eigenvalue weighted by Crippen LogP contribution is -2.30. The largest absolute Gasteiger partial charge is 0.396 e. The molecule has 0 radical (unpaired) electrons. The number of nitrogen functional groups attached to an aromatic ring is 1. The van der Waals surface area contributed by atoms with Crippen molar-refractivity contribution in [3.8, 4) is 0 Å². The van der Waals surface area contributed by atoms with Crippen LogP contribution >= 0.6 is 0 Å². The van der Waals surface area contributed by atoms with Crippen LogP contribution in [0.4, 0.5) is 5.69 Å². The van der Waals surface area contributed by atoms with Gasteiger partial charge in [0, 0.05) is 26.4 Å². The van der Waals surface area contributed by atoms with Gasteiger partial charge in [-0.2, -0.15) is 5.10 Å². The second kappa shape index (κ2) is 4.79. The molecule has 0 aromatic carbocycles. The van der Waals surface area contributed by atoms with Crippen LogP contribution in [0.15, 0.2) is 6.20 Å². The van der Waals surface area contributed by atoms with Crippen molar-refractivity contribution in [1.29, 1.82) is 0 Å². The first-order valence-corrected chi connectivity index (χ1v) is 4.72. The molecule has 1 aromatic heterocycles. The van der Waals surface area contributed by atoms with Crippen LogP contribution in [0.2, 0.25) is 0 Å². The van der Waals surface area contributed by atoms with E-state index in [4.69, 9.17) is 10.8 Å². The summed E-state index contributed by atoms with van der Waals surface area (Å²) in [5, 5.41) is 15.4. The van der Waals surface area contributed by atoms with E-state index < -0.39 is 0 Å². The highest BCUT2D eigenvalue weighted by atomic mass is 16.3. The van der Waals surface area contributed by atoms with Gasteiger partial charge < -0.3 is 16.2 Å². The molecular formula is C9H16N4O2. The van der Waals surface area contributed by atoms with E-state index >= 15 is 0 Å². The van der Waals surface area contributed by atoms with Gasteiger partial charge in [0.15, 0.2) is 5.69 Å². The zero-order valence-corrected chi connectivity index (χ0v) is 8.90. The first-order chi connectivity index (χ1) is 7.04. The molecular weight excluding hydrogens is 196 g/mol. The van der Waals surface area contributed by atoms with Crippen molar-refractivity contribution in [1.82, 2.24) is 15.1 Å². The maximum Gasteiger partial charge on any atom is 0.273 e. The molecule has 0 fully saturated rings. The molecule has 0 bridgehead atoms. The van der Waals surface area contributed by atoms with Crippen molar-refractivity contribution in [2.24, 2.45) is 13.0 Å². The Morgan fingerprint density at radius 2 is 2.47 bits per heavy atom. The van der Waals surface area contributed by atoms with E-state index in [1.165, 1.54) is 4.68 Å². The third kappa shape index (κ3) is 2.95. The fourth-order valence-electron chi connectivity index (χ4n) is 1.10. The predicted molar refractivity (Wildman–Crippen MR) is 56.2 cm³/mol. The van der Waals surface area contributed by atoms with Crippen molar-refractivity contribution in [2.75, 3.05) is 18.9 Å². The summed E-state index contributed by atoms with van der Waals surface area (Å²) in [7, 11) is 1.70. The molecule has 1 rings (SSSR count). The summed E-state index contributed by atoms with van der Waals surface area (Å²) in [6, 6.07) is 0. The minimum atomic E-state index is -0.312. The van der Waals surface area contributed by atoms with E-state index in [2.05, 4.69) is 10.4 Å². The standard InChI is InChI=1S/C9H16N4O2/c1-6(5-14)3-11-9(15)8-7(10)4-13(2)12-8/h4,6,14H,3,5,10H2,1-2H3,(H,11,15). The van der Waals surface area contributed by atoms with Gasteiger partial charge in [0.1, 0.15) is 0 Å². The number of nitrogens with two attached hydrogens (primary N) is 1. The number of nitrogens with zero attached hydrogens (tertiary/aromatic N) is 2. The number of nitrogens with one attached hydrogen (secondary N) is 1. The van der Waals surface area contributed by atoms with E-state index in [-0.39, 0.29) is 24.1 Å². The summed E-state index contributed by atoms with van der Waals surface area (Å²) in [5.41, 5.74) is 6.17. The Kier molecular flexibility index (Phi) is 3.68. The van der Waals surface area contributed by atoms with Crippen LogP contribution in [0.3, 0.4) is 0 Å². The molecule has 6 heteroatoms.